The molecule has 0 aliphatic heterocycles. The van der Waals surface area contributed by atoms with Gasteiger partial charge in [-0.1, -0.05) is 12.1 Å². The first-order valence-electron chi connectivity index (χ1n) is 9.01. The van der Waals surface area contributed by atoms with Crippen LogP contribution in [0, 0.1) is 15.2 Å². The zero-order valence-corrected chi connectivity index (χ0v) is 18.0. The van der Waals surface area contributed by atoms with E-state index in [1.165, 1.54) is 6.07 Å². The lowest BCUT2D eigenvalue weighted by Crippen LogP contribution is -2.24. The van der Waals surface area contributed by atoms with E-state index in [0.717, 1.165) is 31.6 Å². The van der Waals surface area contributed by atoms with Crippen LogP contribution in [-0.2, 0) is 6.54 Å². The number of halogens is 3. The molecule has 0 saturated heterocycles. The number of hydrogen-bond donors (Lipinski definition) is 1. The van der Waals surface area contributed by atoms with Crippen LogP contribution in [0.25, 0.3) is 16.6 Å². The number of ether oxygens (including phenoxy) is 1. The number of rotatable bonds is 5. The monoisotopic (exact) mass is 519 g/mol. The van der Waals surface area contributed by atoms with Gasteiger partial charge in [-0.05, 0) is 70.6 Å². The van der Waals surface area contributed by atoms with Crippen molar-refractivity contribution in [1.82, 2.24) is 9.55 Å². The molecule has 5 nitrogen and oxygen atoms in total. The molecule has 3 aromatic carbocycles. The molecule has 0 aliphatic carbocycles. The van der Waals surface area contributed by atoms with Crippen LogP contribution in [-0.4, -0.2) is 16.7 Å². The maximum Gasteiger partial charge on any atom is 0.267 e. The average Bonchev–Trinajstić information content (AvgIpc) is 2.74. The Bertz CT molecular complexity index is 1290. The molecule has 0 saturated carbocycles. The Labute approximate surface area is 184 Å². The van der Waals surface area contributed by atoms with Crippen LogP contribution in [0.15, 0.2) is 65.5 Å². The van der Waals surface area contributed by atoms with Crippen LogP contribution < -0.4 is 15.6 Å². The molecule has 0 spiro atoms. The van der Waals surface area contributed by atoms with Crippen molar-refractivity contribution in [3.05, 3.63) is 91.8 Å². The number of methoxy groups -OCH3 is 1. The second kappa shape index (κ2) is 8.39. The number of fused-ring (bicyclic) bond motifs is 1. The lowest BCUT2D eigenvalue weighted by Gasteiger charge is -2.16. The van der Waals surface area contributed by atoms with Crippen LogP contribution in [0.3, 0.4) is 0 Å². The van der Waals surface area contributed by atoms with Gasteiger partial charge in [-0.2, -0.15) is 0 Å². The summed E-state index contributed by atoms with van der Waals surface area (Å²) in [6.45, 7) is 0.342. The summed E-state index contributed by atoms with van der Waals surface area (Å²) in [6.07, 6.45) is 0. The summed E-state index contributed by atoms with van der Waals surface area (Å²) in [5.74, 6) is -0.686. The van der Waals surface area contributed by atoms with Gasteiger partial charge in [-0.25, -0.2) is 18.3 Å². The zero-order chi connectivity index (χ0) is 21.3. The fraction of sp³-hybridized carbons (Fsp3) is 0.0909. The van der Waals surface area contributed by atoms with E-state index in [9.17, 15) is 13.6 Å². The van der Waals surface area contributed by atoms with Crippen LogP contribution in [0.5, 0.6) is 5.75 Å². The molecular formula is C22H16F2IN3O2. The maximum atomic E-state index is 14.6. The number of benzene rings is 3. The first kappa shape index (κ1) is 20.3. The van der Waals surface area contributed by atoms with Gasteiger partial charge in [-0.15, -0.1) is 0 Å². The molecule has 152 valence electrons. The van der Waals surface area contributed by atoms with E-state index >= 15 is 0 Å². The Hall–Kier alpha value is -3.01. The Balaban J connectivity index is 1.83. The van der Waals surface area contributed by atoms with E-state index in [1.807, 2.05) is 30.3 Å². The molecule has 4 aromatic rings. The topological polar surface area (TPSA) is 56.1 Å². The smallest absolute Gasteiger partial charge is 0.267 e. The minimum Gasteiger partial charge on any atom is -0.497 e. The highest BCUT2D eigenvalue weighted by molar-refractivity contribution is 14.1. The Kier molecular flexibility index (Phi) is 5.67. The summed E-state index contributed by atoms with van der Waals surface area (Å²) in [6, 6.07) is 15.7. The van der Waals surface area contributed by atoms with E-state index in [-0.39, 0.29) is 11.6 Å². The third-order valence-corrected chi connectivity index (χ3v) is 5.26. The first-order chi connectivity index (χ1) is 14.5. The highest BCUT2D eigenvalue weighted by atomic mass is 127. The molecule has 0 atom stereocenters. The summed E-state index contributed by atoms with van der Waals surface area (Å²) in [4.78, 5) is 17.8. The number of anilines is 1. The van der Waals surface area contributed by atoms with Gasteiger partial charge in [0.1, 0.15) is 17.4 Å². The zero-order valence-electron chi connectivity index (χ0n) is 15.8. The molecule has 4 rings (SSSR count). The molecule has 0 fully saturated rings. The highest BCUT2D eigenvalue weighted by Gasteiger charge is 2.16. The Morgan fingerprint density at radius 2 is 1.83 bits per heavy atom. The van der Waals surface area contributed by atoms with Crippen LogP contribution in [0.4, 0.5) is 14.7 Å². The van der Waals surface area contributed by atoms with Gasteiger partial charge >= 0.3 is 0 Å². The number of aromatic nitrogens is 2. The van der Waals surface area contributed by atoms with Gasteiger partial charge in [0.15, 0.2) is 0 Å². The normalized spacial score (nSPS) is 10.9. The SMILES string of the molecule is COc1ccc(CNc2nc3ccc(I)cc3c(=O)n2-c2ccc(F)cc2F)cc1. The average molecular weight is 519 g/mol. The highest BCUT2D eigenvalue weighted by Crippen LogP contribution is 2.21. The number of nitrogens with zero attached hydrogens (tertiary/aromatic N) is 2. The molecule has 0 aliphatic rings. The number of nitrogens with one attached hydrogen (secondary N) is 1. The Morgan fingerprint density at radius 1 is 1.07 bits per heavy atom. The van der Waals surface area contributed by atoms with Gasteiger partial charge < -0.3 is 10.1 Å². The summed E-state index contributed by atoms with van der Waals surface area (Å²) in [5, 5.41) is 3.45. The van der Waals surface area contributed by atoms with Gasteiger partial charge in [0.2, 0.25) is 5.95 Å². The Morgan fingerprint density at radius 3 is 2.53 bits per heavy atom. The van der Waals surface area contributed by atoms with Crippen molar-refractivity contribution in [2.45, 2.75) is 6.54 Å². The van der Waals surface area contributed by atoms with Crippen LogP contribution >= 0.6 is 22.6 Å². The summed E-state index contributed by atoms with van der Waals surface area (Å²) in [5.41, 5.74) is 0.878. The first-order valence-corrected chi connectivity index (χ1v) is 10.1. The lowest BCUT2D eigenvalue weighted by atomic mass is 10.2. The minimum absolute atomic E-state index is 0.0770. The van der Waals surface area contributed by atoms with E-state index in [2.05, 4.69) is 32.9 Å². The molecule has 1 heterocycles. The molecule has 0 bridgehead atoms. The third-order valence-electron chi connectivity index (χ3n) is 4.59. The standard InChI is InChI=1S/C22H16F2IN3O2/c1-30-16-6-2-13(3-7-16)12-26-22-27-19-8-5-15(25)11-17(19)21(29)28(22)20-9-4-14(23)10-18(20)24/h2-11H,12H2,1H3,(H,26,27). The molecule has 0 amide bonds. The fourth-order valence-corrected chi connectivity index (χ4v) is 3.58. The molecule has 30 heavy (non-hydrogen) atoms. The van der Waals surface area contributed by atoms with Gasteiger partial charge in [0, 0.05) is 16.2 Å². The fourth-order valence-electron chi connectivity index (χ4n) is 3.09. The second-order valence-electron chi connectivity index (χ2n) is 6.53. The maximum absolute atomic E-state index is 14.6. The lowest BCUT2D eigenvalue weighted by molar-refractivity contribution is 0.414. The minimum atomic E-state index is -0.851. The molecule has 1 aromatic heterocycles. The van der Waals surface area contributed by atoms with E-state index < -0.39 is 17.2 Å². The van der Waals surface area contributed by atoms with Crippen molar-refractivity contribution in [2.75, 3.05) is 12.4 Å². The van der Waals surface area contributed by atoms with Gasteiger partial charge in [-0.3, -0.25) is 4.79 Å². The summed E-state index contributed by atoms with van der Waals surface area (Å²) < 4.78 is 35.1. The van der Waals surface area contributed by atoms with Crippen LogP contribution in [0.2, 0.25) is 0 Å². The van der Waals surface area contributed by atoms with E-state index in [1.54, 1.807) is 19.2 Å². The van der Waals surface area contributed by atoms with Crippen molar-refractivity contribution < 1.29 is 13.5 Å². The molecular weight excluding hydrogens is 503 g/mol. The van der Waals surface area contributed by atoms with Gasteiger partial charge in [0.05, 0.1) is 23.7 Å². The largest absolute Gasteiger partial charge is 0.497 e. The van der Waals surface area contributed by atoms with E-state index in [4.69, 9.17) is 4.74 Å². The predicted octanol–water partition coefficient (Wildman–Crippen LogP) is 4.89. The summed E-state index contributed by atoms with van der Waals surface area (Å²) in [7, 11) is 1.59. The number of hydrogen-bond acceptors (Lipinski definition) is 4. The second-order valence-corrected chi connectivity index (χ2v) is 7.78. The quantitative estimate of drug-likeness (QED) is 0.382. The van der Waals surface area contributed by atoms with E-state index in [0.29, 0.717) is 17.4 Å². The third kappa shape index (κ3) is 4.00. The van der Waals surface area contributed by atoms with Crippen molar-refractivity contribution in [2.24, 2.45) is 0 Å². The van der Waals surface area contributed by atoms with Crippen molar-refractivity contribution in [3.63, 3.8) is 0 Å². The van der Waals surface area contributed by atoms with Crippen molar-refractivity contribution in [3.8, 4) is 11.4 Å². The molecule has 1 N–H and O–H groups in total. The van der Waals surface area contributed by atoms with Crippen molar-refractivity contribution >= 4 is 39.4 Å². The predicted molar refractivity (Wildman–Crippen MR) is 120 cm³/mol. The van der Waals surface area contributed by atoms with Crippen molar-refractivity contribution in [1.29, 1.82) is 0 Å². The molecule has 8 heteroatoms. The summed E-state index contributed by atoms with van der Waals surface area (Å²) >= 11 is 2.10. The van der Waals surface area contributed by atoms with Gasteiger partial charge in [0.25, 0.3) is 5.56 Å². The molecule has 0 unspecified atom stereocenters. The van der Waals surface area contributed by atoms with Crippen LogP contribution in [0.1, 0.15) is 5.56 Å². The molecule has 0 radical (unpaired) electrons.